The minimum absolute atomic E-state index is 0.0336. The van der Waals surface area contributed by atoms with Crippen LogP contribution in [0, 0.1) is 0 Å². The first kappa shape index (κ1) is 14.4. The van der Waals surface area contributed by atoms with Crippen LogP contribution in [-0.2, 0) is 6.54 Å². The normalized spacial score (nSPS) is 11.4. The van der Waals surface area contributed by atoms with Crippen LogP contribution >= 0.6 is 11.6 Å². The quantitative estimate of drug-likeness (QED) is 0.941. The third-order valence-electron chi connectivity index (χ3n) is 2.20. The Morgan fingerprint density at radius 2 is 2.15 bits per heavy atom. The molecule has 1 aromatic heterocycles. The van der Waals surface area contributed by atoms with Gasteiger partial charge < -0.3 is 10.1 Å². The zero-order valence-corrected chi connectivity index (χ0v) is 11.0. The Hall–Kier alpha value is -1.96. The summed E-state index contributed by atoms with van der Waals surface area (Å²) in [5.74, 6) is 0.308. The highest BCUT2D eigenvalue weighted by molar-refractivity contribution is 6.30. The first-order valence-electron chi connectivity index (χ1n) is 5.50. The van der Waals surface area contributed by atoms with E-state index in [1.54, 1.807) is 18.2 Å². The topological polar surface area (TPSA) is 52.0 Å². The lowest BCUT2D eigenvalue weighted by molar-refractivity contribution is -0.143. The number of halogens is 4. The summed E-state index contributed by atoms with van der Waals surface area (Å²) in [6.07, 6.45) is -4.43. The molecule has 0 atom stereocenters. The molecule has 1 heterocycles. The Bertz CT molecular complexity index is 600. The molecule has 0 amide bonds. The zero-order valence-electron chi connectivity index (χ0n) is 10.3. The molecule has 2 aromatic rings. The van der Waals surface area contributed by atoms with Crippen molar-refractivity contribution in [3.05, 3.63) is 29.3 Å². The van der Waals surface area contributed by atoms with Gasteiger partial charge in [0.1, 0.15) is 12.3 Å². The van der Waals surface area contributed by atoms with Gasteiger partial charge in [-0.1, -0.05) is 17.7 Å². The van der Waals surface area contributed by atoms with Gasteiger partial charge in [0.15, 0.2) is 0 Å². The van der Waals surface area contributed by atoms with E-state index >= 15 is 0 Å². The van der Waals surface area contributed by atoms with Crippen LogP contribution in [0.2, 0.25) is 5.02 Å². The van der Waals surface area contributed by atoms with Crippen molar-refractivity contribution < 1.29 is 17.9 Å². The van der Waals surface area contributed by atoms with Crippen molar-refractivity contribution >= 4 is 17.5 Å². The highest BCUT2D eigenvalue weighted by Crippen LogP contribution is 2.26. The molecule has 1 aromatic carbocycles. The minimum Gasteiger partial charge on any atom is -0.424 e. The van der Waals surface area contributed by atoms with Gasteiger partial charge in [0, 0.05) is 12.1 Å². The van der Waals surface area contributed by atoms with Crippen LogP contribution in [0.3, 0.4) is 0 Å². The Labute approximate surface area is 117 Å². The van der Waals surface area contributed by atoms with E-state index < -0.39 is 12.7 Å². The molecule has 1 N–H and O–H groups in total. The second-order valence-corrected chi connectivity index (χ2v) is 4.24. The maximum atomic E-state index is 12.5. The monoisotopic (exact) mass is 306 g/mol. The van der Waals surface area contributed by atoms with Gasteiger partial charge in [0.05, 0.1) is 0 Å². The van der Waals surface area contributed by atoms with Gasteiger partial charge in [-0.2, -0.15) is 18.2 Å². The molecule has 0 aliphatic rings. The van der Waals surface area contributed by atoms with Crippen LogP contribution < -0.4 is 10.1 Å². The van der Waals surface area contributed by atoms with E-state index in [1.807, 2.05) is 0 Å². The van der Waals surface area contributed by atoms with Gasteiger partial charge in [-0.3, -0.25) is 0 Å². The Balaban J connectivity index is 2.28. The smallest absolute Gasteiger partial charge is 0.408 e. The van der Waals surface area contributed by atoms with Crippen LogP contribution in [0.25, 0.3) is 0 Å². The van der Waals surface area contributed by atoms with Crippen LogP contribution in [0.15, 0.2) is 24.3 Å². The molecular weight excluding hydrogens is 297 g/mol. The second-order valence-electron chi connectivity index (χ2n) is 3.80. The van der Waals surface area contributed by atoms with E-state index in [4.69, 9.17) is 16.3 Å². The molecule has 0 aliphatic carbocycles. The Kier molecular flexibility index (Phi) is 4.03. The summed E-state index contributed by atoms with van der Waals surface area (Å²) in [7, 11) is 1.50. The van der Waals surface area contributed by atoms with Gasteiger partial charge in [-0.05, 0) is 18.2 Å². The third kappa shape index (κ3) is 3.77. The molecule has 20 heavy (non-hydrogen) atoms. The fraction of sp³-hybridized carbons (Fsp3) is 0.273. The summed E-state index contributed by atoms with van der Waals surface area (Å²) in [6, 6.07) is 5.98. The van der Waals surface area contributed by atoms with Gasteiger partial charge in [0.25, 0.3) is 0 Å². The molecule has 108 valence electrons. The van der Waals surface area contributed by atoms with Crippen LogP contribution in [0.4, 0.5) is 19.1 Å². The van der Waals surface area contributed by atoms with Gasteiger partial charge in [-0.25, -0.2) is 4.68 Å². The fourth-order valence-corrected chi connectivity index (χ4v) is 1.60. The van der Waals surface area contributed by atoms with Crippen LogP contribution in [0.1, 0.15) is 0 Å². The molecule has 0 fully saturated rings. The molecule has 2 rings (SSSR count). The summed E-state index contributed by atoms with van der Waals surface area (Å²) in [6.45, 7) is -1.29. The summed E-state index contributed by atoms with van der Waals surface area (Å²) < 4.78 is 43.3. The number of benzene rings is 1. The molecule has 0 saturated carbocycles. The summed E-state index contributed by atoms with van der Waals surface area (Å²) >= 11 is 5.77. The fourth-order valence-electron chi connectivity index (χ4n) is 1.42. The largest absolute Gasteiger partial charge is 0.424 e. The van der Waals surface area contributed by atoms with E-state index in [9.17, 15) is 13.2 Å². The number of nitrogens with one attached hydrogen (secondary N) is 1. The number of hydrogen-bond acceptors (Lipinski definition) is 4. The Morgan fingerprint density at radius 1 is 1.40 bits per heavy atom. The molecule has 0 aliphatic heterocycles. The molecular formula is C11H10ClF3N4O. The maximum Gasteiger partial charge on any atom is 0.408 e. The maximum absolute atomic E-state index is 12.5. The van der Waals surface area contributed by atoms with E-state index in [-0.39, 0.29) is 17.7 Å². The number of aromatic nitrogens is 3. The van der Waals surface area contributed by atoms with Crippen LogP contribution in [-0.4, -0.2) is 28.0 Å². The highest BCUT2D eigenvalue weighted by atomic mass is 35.5. The molecule has 0 radical (unpaired) electrons. The number of alkyl halides is 3. The predicted molar refractivity (Wildman–Crippen MR) is 67.1 cm³/mol. The Morgan fingerprint density at radius 3 is 2.75 bits per heavy atom. The molecule has 9 heteroatoms. The first-order chi connectivity index (χ1) is 9.37. The van der Waals surface area contributed by atoms with Crippen molar-refractivity contribution in [2.45, 2.75) is 12.7 Å². The number of rotatable bonds is 4. The van der Waals surface area contributed by atoms with Crippen molar-refractivity contribution in [2.75, 3.05) is 12.4 Å². The van der Waals surface area contributed by atoms with E-state index in [1.165, 1.54) is 13.1 Å². The van der Waals surface area contributed by atoms with Crippen molar-refractivity contribution in [3.63, 3.8) is 0 Å². The third-order valence-corrected chi connectivity index (χ3v) is 2.43. The van der Waals surface area contributed by atoms with Crippen molar-refractivity contribution in [1.82, 2.24) is 14.8 Å². The van der Waals surface area contributed by atoms with Crippen molar-refractivity contribution in [1.29, 1.82) is 0 Å². The summed E-state index contributed by atoms with van der Waals surface area (Å²) in [5, 5.41) is 6.60. The van der Waals surface area contributed by atoms with Gasteiger partial charge in [0.2, 0.25) is 5.95 Å². The van der Waals surface area contributed by atoms with Gasteiger partial charge in [-0.15, -0.1) is 5.10 Å². The molecule has 0 spiro atoms. The van der Waals surface area contributed by atoms with Crippen LogP contribution in [0.5, 0.6) is 11.8 Å². The summed E-state index contributed by atoms with van der Waals surface area (Å²) in [4.78, 5) is 3.81. The lowest BCUT2D eigenvalue weighted by Gasteiger charge is -2.09. The van der Waals surface area contributed by atoms with Gasteiger partial charge >= 0.3 is 12.2 Å². The van der Waals surface area contributed by atoms with E-state index in [2.05, 4.69) is 15.4 Å². The second kappa shape index (κ2) is 5.58. The standard InChI is InChI=1S/C11H10ClF3N4O/c1-16-9-17-10(19(18-9)6-11(13,14)15)20-8-4-2-3-7(12)5-8/h2-5H,6H2,1H3,(H,16,18). The lowest BCUT2D eigenvalue weighted by atomic mass is 10.3. The number of ether oxygens (including phenoxy) is 1. The zero-order chi connectivity index (χ0) is 14.8. The van der Waals surface area contributed by atoms with E-state index in [0.29, 0.717) is 9.70 Å². The van der Waals surface area contributed by atoms with Crippen molar-refractivity contribution in [2.24, 2.45) is 0 Å². The first-order valence-corrected chi connectivity index (χ1v) is 5.88. The average Bonchev–Trinajstić information content (AvgIpc) is 2.69. The van der Waals surface area contributed by atoms with Crippen molar-refractivity contribution in [3.8, 4) is 11.8 Å². The summed E-state index contributed by atoms with van der Waals surface area (Å²) in [5.41, 5.74) is 0. The molecule has 0 unspecified atom stereocenters. The lowest BCUT2D eigenvalue weighted by Crippen LogP contribution is -2.19. The number of nitrogens with zero attached hydrogens (tertiary/aromatic N) is 3. The molecule has 0 saturated heterocycles. The number of hydrogen-bond donors (Lipinski definition) is 1. The predicted octanol–water partition coefficient (Wildman–Crippen LogP) is 3.33. The van der Waals surface area contributed by atoms with E-state index in [0.717, 1.165) is 0 Å². The average molecular weight is 307 g/mol. The minimum atomic E-state index is -4.43. The molecule has 5 nitrogen and oxygen atoms in total. The molecule has 0 bridgehead atoms. The number of anilines is 1. The SMILES string of the molecule is CNc1nc(Oc2cccc(Cl)c2)n(CC(F)(F)F)n1. The highest BCUT2D eigenvalue weighted by Gasteiger charge is 2.31.